The van der Waals surface area contributed by atoms with Crippen LogP contribution in [0.15, 0.2) is 23.2 Å². The smallest absolute Gasteiger partial charge is 0.375 e. The summed E-state index contributed by atoms with van der Waals surface area (Å²) in [6.07, 6.45) is -3.45. The summed E-state index contributed by atoms with van der Waals surface area (Å²) in [4.78, 5) is 21.4. The van der Waals surface area contributed by atoms with Gasteiger partial charge in [0.2, 0.25) is 0 Å². The average Bonchev–Trinajstić information content (AvgIpc) is 3.08. The second kappa shape index (κ2) is 8.43. The third kappa shape index (κ3) is 4.27. The number of aromatic nitrogens is 5. The van der Waals surface area contributed by atoms with Crippen LogP contribution in [-0.2, 0) is 32.6 Å². The van der Waals surface area contributed by atoms with Gasteiger partial charge < -0.3 is 14.2 Å². The van der Waals surface area contributed by atoms with Gasteiger partial charge in [0, 0.05) is 27.3 Å². The number of halogens is 3. The highest BCUT2D eigenvalue weighted by molar-refractivity contribution is 7.91. The predicted molar refractivity (Wildman–Crippen MR) is 108 cm³/mol. The highest BCUT2D eigenvalue weighted by Crippen LogP contribution is 2.32. The zero-order valence-corrected chi connectivity index (χ0v) is 18.3. The quantitative estimate of drug-likeness (QED) is 0.533. The lowest BCUT2D eigenvalue weighted by Crippen LogP contribution is -2.30. The fourth-order valence-electron chi connectivity index (χ4n) is 2.88. The number of carbonyl (C=O) groups excluding carboxylic acids is 1. The van der Waals surface area contributed by atoms with E-state index >= 15 is 0 Å². The van der Waals surface area contributed by atoms with Gasteiger partial charge in [-0.2, -0.15) is 13.2 Å². The summed E-state index contributed by atoms with van der Waals surface area (Å²) in [7, 11) is 0.380. The molecule has 0 fully saturated rings. The third-order valence-corrected chi connectivity index (χ3v) is 6.44. The lowest BCUT2D eigenvalue weighted by atomic mass is 10.3. The summed E-state index contributed by atoms with van der Waals surface area (Å²) < 4.78 is 70.6. The van der Waals surface area contributed by atoms with Crippen LogP contribution in [0.25, 0.3) is 22.7 Å². The van der Waals surface area contributed by atoms with E-state index in [0.717, 1.165) is 6.07 Å². The van der Waals surface area contributed by atoms with E-state index in [9.17, 15) is 26.4 Å². The van der Waals surface area contributed by atoms with E-state index in [1.165, 1.54) is 49.9 Å². The summed E-state index contributed by atoms with van der Waals surface area (Å²) in [5, 5.41) is 6.76. The minimum atomic E-state index is -4.71. The summed E-state index contributed by atoms with van der Waals surface area (Å²) in [5.41, 5.74) is -1.22. The lowest BCUT2D eigenvalue weighted by Gasteiger charge is -2.18. The van der Waals surface area contributed by atoms with Crippen molar-refractivity contribution < 1.29 is 31.1 Å². The second-order valence-electron chi connectivity index (χ2n) is 6.76. The van der Waals surface area contributed by atoms with Crippen LogP contribution in [0, 0.1) is 0 Å². The third-order valence-electron chi connectivity index (χ3n) is 4.70. The molecular weight excluding hydrogens is 453 g/mol. The van der Waals surface area contributed by atoms with Crippen LogP contribution >= 0.6 is 0 Å². The number of aryl methyl sites for hydroxylation is 1. The number of likely N-dealkylation sites (N-methyl/N-ethyl adjacent to an activating group) is 1. The van der Waals surface area contributed by atoms with E-state index in [-0.39, 0.29) is 45.6 Å². The predicted octanol–water partition coefficient (Wildman–Crippen LogP) is 1.85. The molecule has 1 amide bonds. The van der Waals surface area contributed by atoms with E-state index in [2.05, 4.69) is 20.2 Å². The fraction of sp³-hybridized carbons (Fsp3) is 0.389. The topological polar surface area (TPSA) is 120 Å². The number of hydrogen-bond acceptors (Lipinski definition) is 8. The highest BCUT2D eigenvalue weighted by Gasteiger charge is 2.34. The molecule has 10 nitrogen and oxygen atoms in total. The number of carbonyl (C=O) groups is 1. The molecule has 0 saturated heterocycles. The molecule has 0 unspecified atom stereocenters. The van der Waals surface area contributed by atoms with Gasteiger partial charge in [-0.3, -0.25) is 4.79 Å². The van der Waals surface area contributed by atoms with Gasteiger partial charge in [0.25, 0.3) is 5.91 Å². The molecule has 0 atom stereocenters. The Balaban J connectivity index is 2.22. The van der Waals surface area contributed by atoms with Crippen molar-refractivity contribution in [2.24, 2.45) is 7.05 Å². The van der Waals surface area contributed by atoms with Crippen LogP contribution in [0.1, 0.15) is 12.6 Å². The monoisotopic (exact) mass is 472 g/mol. The number of methoxy groups -OCH3 is 1. The number of nitrogens with zero attached hydrogens (tertiary/aromatic N) is 6. The van der Waals surface area contributed by atoms with Gasteiger partial charge in [0.1, 0.15) is 17.8 Å². The number of amides is 1. The number of sulfone groups is 1. The molecule has 14 heteroatoms. The number of anilines is 1. The molecule has 0 radical (unpaired) electrons. The van der Waals surface area contributed by atoms with Gasteiger partial charge in [-0.05, 0) is 6.07 Å². The largest absolute Gasteiger partial charge is 0.435 e. The first-order valence-electron chi connectivity index (χ1n) is 9.16. The van der Waals surface area contributed by atoms with Crippen molar-refractivity contribution in [1.82, 2.24) is 24.7 Å². The summed E-state index contributed by atoms with van der Waals surface area (Å²) in [6.45, 7) is 1.21. The minimum absolute atomic E-state index is 0.0157. The normalized spacial score (nSPS) is 12.3. The number of rotatable bonds is 6. The molecule has 3 heterocycles. The van der Waals surface area contributed by atoms with Crippen molar-refractivity contribution >= 4 is 32.6 Å². The maximum Gasteiger partial charge on any atom is 0.435 e. The zero-order chi connectivity index (χ0) is 23.8. The van der Waals surface area contributed by atoms with Crippen LogP contribution in [0.4, 0.5) is 18.9 Å². The molecule has 32 heavy (non-hydrogen) atoms. The van der Waals surface area contributed by atoms with Gasteiger partial charge in [-0.25, -0.2) is 18.4 Å². The van der Waals surface area contributed by atoms with Gasteiger partial charge in [-0.15, -0.1) is 10.2 Å². The average molecular weight is 472 g/mol. The molecule has 0 aliphatic rings. The molecule has 0 aliphatic heterocycles. The number of imidazole rings is 1. The number of alkyl halides is 3. The van der Waals surface area contributed by atoms with Gasteiger partial charge in [0.05, 0.1) is 22.5 Å². The van der Waals surface area contributed by atoms with Gasteiger partial charge in [-0.1, -0.05) is 6.92 Å². The van der Waals surface area contributed by atoms with E-state index in [1.807, 2.05) is 0 Å². The lowest BCUT2D eigenvalue weighted by molar-refractivity contribution is -0.141. The van der Waals surface area contributed by atoms with E-state index in [0.29, 0.717) is 0 Å². The number of hydrogen-bond donors (Lipinski definition) is 0. The van der Waals surface area contributed by atoms with Crippen molar-refractivity contribution in [2.45, 2.75) is 18.0 Å². The highest BCUT2D eigenvalue weighted by atomic mass is 32.2. The Hall–Kier alpha value is -3.13. The first kappa shape index (κ1) is 23.5. The van der Waals surface area contributed by atoms with Crippen LogP contribution < -0.4 is 4.90 Å². The van der Waals surface area contributed by atoms with E-state index in [1.54, 1.807) is 0 Å². The molecule has 0 spiro atoms. The Morgan fingerprint density at radius 1 is 1.25 bits per heavy atom. The minimum Gasteiger partial charge on any atom is -0.375 e. The standard InChI is InChI=1S/C18H19F3N6O4S/c1-5-32(29,30)12-6-10(26(2)14(28)9-31-4)8-22-15(12)17-23-11-7-13(18(19,20)21)24-25-16(11)27(17)3/h6-8H,5,9H2,1-4H3. The number of ether oxygens (including phenoxy) is 1. The van der Waals surface area contributed by atoms with E-state index < -0.39 is 27.6 Å². The molecule has 0 saturated carbocycles. The Morgan fingerprint density at radius 3 is 2.53 bits per heavy atom. The van der Waals surface area contributed by atoms with Crippen molar-refractivity contribution in [3.8, 4) is 11.5 Å². The van der Waals surface area contributed by atoms with Crippen molar-refractivity contribution in [1.29, 1.82) is 0 Å². The molecule has 0 N–H and O–H groups in total. The van der Waals surface area contributed by atoms with Gasteiger partial charge in [0.15, 0.2) is 27.0 Å². The maximum atomic E-state index is 13.0. The Bertz CT molecular complexity index is 1290. The molecule has 3 rings (SSSR count). The Labute approximate surface area is 181 Å². The molecule has 0 bridgehead atoms. The van der Waals surface area contributed by atoms with Crippen LogP contribution in [0.5, 0.6) is 0 Å². The Kier molecular flexibility index (Phi) is 6.20. The number of pyridine rings is 1. The van der Waals surface area contributed by atoms with Crippen molar-refractivity contribution in [3.63, 3.8) is 0 Å². The molecule has 3 aromatic rings. The molecule has 172 valence electrons. The Morgan fingerprint density at radius 2 is 1.94 bits per heavy atom. The van der Waals surface area contributed by atoms with E-state index in [4.69, 9.17) is 4.74 Å². The molecule has 0 aromatic carbocycles. The van der Waals surface area contributed by atoms with Crippen molar-refractivity contribution in [3.05, 3.63) is 24.0 Å². The molecule has 3 aromatic heterocycles. The first-order chi connectivity index (χ1) is 14.9. The summed E-state index contributed by atoms with van der Waals surface area (Å²) >= 11 is 0. The molecular formula is C18H19F3N6O4S. The van der Waals surface area contributed by atoms with Crippen LogP contribution in [0.2, 0.25) is 0 Å². The fourth-order valence-corrected chi connectivity index (χ4v) is 3.93. The summed E-state index contributed by atoms with van der Waals surface area (Å²) in [6, 6.07) is 1.99. The zero-order valence-electron chi connectivity index (χ0n) is 17.5. The summed E-state index contributed by atoms with van der Waals surface area (Å²) in [5.74, 6) is -0.722. The van der Waals surface area contributed by atoms with Crippen LogP contribution in [0.3, 0.4) is 0 Å². The van der Waals surface area contributed by atoms with Gasteiger partial charge >= 0.3 is 6.18 Å². The molecule has 0 aliphatic carbocycles. The second-order valence-corrected chi connectivity index (χ2v) is 9.01. The van der Waals surface area contributed by atoms with Crippen molar-refractivity contribution in [2.75, 3.05) is 31.4 Å². The maximum absolute atomic E-state index is 13.0. The SMILES string of the molecule is CCS(=O)(=O)c1cc(N(C)C(=O)COC)cnc1-c1nc2cc(C(F)(F)F)nnc2n1C. The first-order valence-corrected chi connectivity index (χ1v) is 10.8. The number of fused-ring (bicyclic) bond motifs is 1. The van der Waals surface area contributed by atoms with Crippen LogP contribution in [-0.4, -0.2) is 65.6 Å².